The summed E-state index contributed by atoms with van der Waals surface area (Å²) >= 11 is 6.16. The van der Waals surface area contributed by atoms with Gasteiger partial charge in [-0.1, -0.05) is 11.6 Å². The molecule has 1 aromatic carbocycles. The average molecular weight is 337 g/mol. The van der Waals surface area contributed by atoms with Gasteiger partial charge in [-0.15, -0.1) is 0 Å². The Morgan fingerprint density at radius 1 is 1.26 bits per heavy atom. The molecule has 5 heteroatoms. The number of likely N-dealkylation sites (tertiary alicyclic amines) is 2. The minimum Gasteiger partial charge on any atom is -0.496 e. The summed E-state index contributed by atoms with van der Waals surface area (Å²) in [5.41, 5.74) is 1.12. The maximum Gasteiger partial charge on any atom is 0.219 e. The molecule has 1 aromatic rings. The van der Waals surface area contributed by atoms with Crippen LogP contribution < -0.4 is 4.74 Å². The highest BCUT2D eigenvalue weighted by Gasteiger charge is 2.38. The van der Waals surface area contributed by atoms with E-state index < -0.39 is 0 Å². The van der Waals surface area contributed by atoms with Crippen molar-refractivity contribution in [2.75, 3.05) is 20.2 Å². The van der Waals surface area contributed by atoms with Gasteiger partial charge in [0.05, 0.1) is 7.11 Å². The lowest BCUT2D eigenvalue weighted by Gasteiger charge is -2.34. The first kappa shape index (κ1) is 16.6. The Morgan fingerprint density at radius 2 is 2.00 bits per heavy atom. The Morgan fingerprint density at radius 3 is 2.74 bits per heavy atom. The van der Waals surface area contributed by atoms with Gasteiger partial charge in [-0.3, -0.25) is 9.69 Å². The number of halogens is 1. The molecule has 0 spiro atoms. The molecular formula is C18H25ClN2O2. The first-order valence-corrected chi connectivity index (χ1v) is 8.81. The first-order chi connectivity index (χ1) is 11.1. The molecule has 0 aliphatic carbocycles. The van der Waals surface area contributed by atoms with Crippen LogP contribution >= 0.6 is 11.6 Å². The van der Waals surface area contributed by atoms with Crippen LogP contribution in [0.2, 0.25) is 5.02 Å². The van der Waals surface area contributed by atoms with E-state index in [1.165, 1.54) is 6.42 Å². The summed E-state index contributed by atoms with van der Waals surface area (Å²) in [6.45, 7) is 4.50. The van der Waals surface area contributed by atoms with Crippen molar-refractivity contribution in [1.82, 2.24) is 9.80 Å². The van der Waals surface area contributed by atoms with Crippen molar-refractivity contribution in [2.24, 2.45) is 0 Å². The standard InChI is InChI=1S/C18H25ClN2O2/c1-13(22)21-10-4-6-17(21)16-5-3-9-20(16)12-14-11-15(19)7-8-18(14)23-2/h7-8,11,16-17H,3-6,9-10,12H2,1-2H3/t16-,17+/m1/s1. The van der Waals surface area contributed by atoms with Gasteiger partial charge in [0.1, 0.15) is 5.75 Å². The number of methoxy groups -OCH3 is 1. The highest BCUT2D eigenvalue weighted by Crippen LogP contribution is 2.33. The van der Waals surface area contributed by atoms with E-state index in [0.717, 1.165) is 55.2 Å². The number of benzene rings is 1. The minimum absolute atomic E-state index is 0.208. The summed E-state index contributed by atoms with van der Waals surface area (Å²) in [6, 6.07) is 6.60. The molecule has 0 bridgehead atoms. The van der Waals surface area contributed by atoms with Crippen molar-refractivity contribution in [3.05, 3.63) is 28.8 Å². The van der Waals surface area contributed by atoms with E-state index in [1.807, 2.05) is 18.2 Å². The number of hydrogen-bond acceptors (Lipinski definition) is 3. The molecule has 1 amide bonds. The fourth-order valence-corrected chi connectivity index (χ4v) is 4.35. The predicted octanol–water partition coefficient (Wildman–Crippen LogP) is 3.32. The van der Waals surface area contributed by atoms with Crippen molar-refractivity contribution < 1.29 is 9.53 Å². The molecule has 2 aliphatic heterocycles. The van der Waals surface area contributed by atoms with Crippen LogP contribution in [0.3, 0.4) is 0 Å². The number of nitrogens with zero attached hydrogens (tertiary/aromatic N) is 2. The van der Waals surface area contributed by atoms with Crippen LogP contribution in [0.1, 0.15) is 38.2 Å². The summed E-state index contributed by atoms with van der Waals surface area (Å²) < 4.78 is 5.48. The summed E-state index contributed by atoms with van der Waals surface area (Å²) in [5.74, 6) is 1.09. The number of hydrogen-bond donors (Lipinski definition) is 0. The van der Waals surface area contributed by atoms with Gasteiger partial charge < -0.3 is 9.64 Å². The van der Waals surface area contributed by atoms with E-state index in [-0.39, 0.29) is 5.91 Å². The van der Waals surface area contributed by atoms with Crippen molar-refractivity contribution in [3.8, 4) is 5.75 Å². The molecule has 0 radical (unpaired) electrons. The van der Waals surface area contributed by atoms with Crippen LogP contribution in [-0.2, 0) is 11.3 Å². The molecule has 2 saturated heterocycles. The van der Waals surface area contributed by atoms with Crippen LogP contribution in [0.15, 0.2) is 18.2 Å². The fraction of sp³-hybridized carbons (Fsp3) is 0.611. The molecule has 3 rings (SSSR count). The molecule has 2 fully saturated rings. The molecule has 23 heavy (non-hydrogen) atoms. The third-order valence-corrected chi connectivity index (χ3v) is 5.41. The lowest BCUT2D eigenvalue weighted by Crippen LogP contribution is -2.47. The third-order valence-electron chi connectivity index (χ3n) is 5.18. The fourth-order valence-electron chi connectivity index (χ4n) is 4.16. The van der Waals surface area contributed by atoms with Gasteiger partial charge in [-0.05, 0) is 50.4 Å². The average Bonchev–Trinajstić information content (AvgIpc) is 3.15. The summed E-state index contributed by atoms with van der Waals surface area (Å²) in [6.07, 6.45) is 4.59. The molecule has 126 valence electrons. The Hall–Kier alpha value is -1.26. The van der Waals surface area contributed by atoms with Gasteiger partial charge in [0.2, 0.25) is 5.91 Å². The molecule has 2 atom stereocenters. The zero-order valence-corrected chi connectivity index (χ0v) is 14.7. The molecule has 2 aliphatic rings. The summed E-state index contributed by atoms with van der Waals surface area (Å²) in [5, 5.41) is 0.739. The van der Waals surface area contributed by atoms with Gasteiger partial charge in [-0.2, -0.15) is 0 Å². The Labute approximate surface area is 143 Å². The molecular weight excluding hydrogens is 312 g/mol. The molecule has 0 saturated carbocycles. The molecule has 4 nitrogen and oxygen atoms in total. The molecule has 0 unspecified atom stereocenters. The minimum atomic E-state index is 0.208. The van der Waals surface area contributed by atoms with Crippen molar-refractivity contribution >= 4 is 17.5 Å². The SMILES string of the molecule is COc1ccc(Cl)cc1CN1CCC[C@@H]1[C@@H]1CCCN1C(C)=O. The number of ether oxygens (including phenoxy) is 1. The molecule has 0 aromatic heterocycles. The number of carbonyl (C=O) groups excluding carboxylic acids is 1. The topological polar surface area (TPSA) is 32.8 Å². The largest absolute Gasteiger partial charge is 0.496 e. The maximum absolute atomic E-state index is 11.9. The molecule has 2 heterocycles. The Balaban J connectivity index is 1.77. The normalized spacial score (nSPS) is 25.1. The van der Waals surface area contributed by atoms with Gasteiger partial charge in [-0.25, -0.2) is 0 Å². The second-order valence-electron chi connectivity index (χ2n) is 6.56. The van der Waals surface area contributed by atoms with E-state index >= 15 is 0 Å². The quantitative estimate of drug-likeness (QED) is 0.845. The second kappa shape index (κ2) is 7.10. The zero-order chi connectivity index (χ0) is 16.4. The zero-order valence-electron chi connectivity index (χ0n) is 13.9. The van der Waals surface area contributed by atoms with E-state index in [2.05, 4.69) is 9.80 Å². The highest BCUT2D eigenvalue weighted by atomic mass is 35.5. The number of carbonyl (C=O) groups is 1. The Bertz CT molecular complexity index is 578. The van der Waals surface area contributed by atoms with Crippen molar-refractivity contribution in [3.63, 3.8) is 0 Å². The number of amides is 1. The van der Waals surface area contributed by atoms with E-state index in [1.54, 1.807) is 14.0 Å². The molecule has 0 N–H and O–H groups in total. The lowest BCUT2D eigenvalue weighted by molar-refractivity contribution is -0.130. The summed E-state index contributed by atoms with van der Waals surface area (Å²) in [4.78, 5) is 16.5. The van der Waals surface area contributed by atoms with Crippen molar-refractivity contribution in [2.45, 2.75) is 51.2 Å². The van der Waals surface area contributed by atoms with Gasteiger partial charge in [0, 0.05) is 42.7 Å². The predicted molar refractivity (Wildman–Crippen MR) is 91.8 cm³/mol. The smallest absolute Gasteiger partial charge is 0.219 e. The monoisotopic (exact) mass is 336 g/mol. The van der Waals surface area contributed by atoms with E-state index in [9.17, 15) is 4.79 Å². The van der Waals surface area contributed by atoms with Gasteiger partial charge in [0.25, 0.3) is 0 Å². The summed E-state index contributed by atoms with van der Waals surface area (Å²) in [7, 11) is 1.70. The number of rotatable bonds is 4. The lowest BCUT2D eigenvalue weighted by atomic mass is 10.0. The maximum atomic E-state index is 11.9. The van der Waals surface area contributed by atoms with Crippen LogP contribution in [0.4, 0.5) is 0 Å². The Kier molecular flexibility index (Phi) is 5.12. The highest BCUT2D eigenvalue weighted by molar-refractivity contribution is 6.30. The van der Waals surface area contributed by atoms with Crippen LogP contribution in [0, 0.1) is 0 Å². The first-order valence-electron chi connectivity index (χ1n) is 8.44. The van der Waals surface area contributed by atoms with Crippen LogP contribution in [0.5, 0.6) is 5.75 Å². The van der Waals surface area contributed by atoms with E-state index in [0.29, 0.717) is 12.1 Å². The third kappa shape index (κ3) is 3.48. The van der Waals surface area contributed by atoms with Crippen LogP contribution in [0.25, 0.3) is 0 Å². The van der Waals surface area contributed by atoms with Crippen molar-refractivity contribution in [1.29, 1.82) is 0 Å². The van der Waals surface area contributed by atoms with E-state index in [4.69, 9.17) is 16.3 Å². The second-order valence-corrected chi connectivity index (χ2v) is 6.99. The van der Waals surface area contributed by atoms with Gasteiger partial charge in [0.15, 0.2) is 0 Å². The van der Waals surface area contributed by atoms with Gasteiger partial charge >= 0.3 is 0 Å². The van der Waals surface area contributed by atoms with Crippen LogP contribution in [-0.4, -0.2) is 48.0 Å².